The van der Waals surface area contributed by atoms with E-state index in [9.17, 15) is 14.7 Å². The van der Waals surface area contributed by atoms with E-state index >= 15 is 0 Å². The van der Waals surface area contributed by atoms with Crippen molar-refractivity contribution in [3.8, 4) is 0 Å². The second-order valence-electron chi connectivity index (χ2n) is 2.50. The number of carboxylic acid groups (broad SMARTS) is 1. The highest BCUT2D eigenvalue weighted by Gasteiger charge is 2.28. The predicted molar refractivity (Wildman–Crippen MR) is 42.5 cm³/mol. The van der Waals surface area contributed by atoms with Crippen molar-refractivity contribution in [1.82, 2.24) is 0 Å². The Kier molecular flexibility index (Phi) is 2.64. The third kappa shape index (κ3) is 2.05. The van der Waals surface area contributed by atoms with Crippen LogP contribution in [0.5, 0.6) is 0 Å². The second-order valence-corrected chi connectivity index (χ2v) is 2.50. The van der Waals surface area contributed by atoms with E-state index in [2.05, 4.69) is 0 Å². The van der Waals surface area contributed by atoms with E-state index in [1.54, 1.807) is 18.2 Å². The molecule has 67 valence electrons. The van der Waals surface area contributed by atoms with Crippen LogP contribution in [0.4, 0.5) is 0 Å². The van der Waals surface area contributed by atoms with Crippen LogP contribution in [0.25, 0.3) is 0 Å². The molecule has 4 heteroatoms. The Labute approximate surface area is 74.4 Å². The summed E-state index contributed by atoms with van der Waals surface area (Å²) in [6, 6.07) is 7.71. The van der Waals surface area contributed by atoms with Gasteiger partial charge in [0, 0.05) is 0 Å². The molecular formula is C9H7O4. The van der Waals surface area contributed by atoms with Crippen molar-refractivity contribution in [2.75, 3.05) is 0 Å². The van der Waals surface area contributed by atoms with Crippen LogP contribution in [0, 0.1) is 0 Å². The maximum atomic E-state index is 10.5. The summed E-state index contributed by atoms with van der Waals surface area (Å²) < 4.78 is 0. The highest BCUT2D eigenvalue weighted by Crippen LogP contribution is 2.15. The van der Waals surface area contributed by atoms with Crippen molar-refractivity contribution in [2.24, 2.45) is 0 Å². The van der Waals surface area contributed by atoms with Crippen LogP contribution in [-0.2, 0) is 14.7 Å². The fourth-order valence-corrected chi connectivity index (χ4v) is 1.02. The summed E-state index contributed by atoms with van der Waals surface area (Å²) in [6.45, 7) is 0. The van der Waals surface area contributed by atoms with Crippen LogP contribution in [0.3, 0.4) is 0 Å². The first-order valence-electron chi connectivity index (χ1n) is 3.61. The molecule has 1 rings (SSSR count). The number of carboxylic acids is 1. The van der Waals surface area contributed by atoms with Gasteiger partial charge in [-0.25, -0.2) is 9.90 Å². The minimum absolute atomic E-state index is 0.218. The Balaban J connectivity index is 3.03. The molecule has 0 aromatic heterocycles. The fourth-order valence-electron chi connectivity index (χ4n) is 1.02. The van der Waals surface area contributed by atoms with Crippen LogP contribution in [0.2, 0.25) is 0 Å². The summed E-state index contributed by atoms with van der Waals surface area (Å²) in [6.07, 6.45) is 0. The molecule has 1 atom stereocenters. The van der Waals surface area contributed by atoms with Crippen LogP contribution in [0.15, 0.2) is 30.3 Å². The first-order chi connectivity index (χ1) is 6.13. The first kappa shape index (κ1) is 9.25. The number of rotatable bonds is 3. The topological polar surface area (TPSA) is 74.3 Å². The zero-order valence-electron chi connectivity index (χ0n) is 6.64. The molecule has 0 aliphatic carbocycles. The average Bonchev–Trinajstić information content (AvgIpc) is 2.04. The highest BCUT2D eigenvalue weighted by atomic mass is 16.4. The number of carbonyl (C=O) groups excluding carboxylic acids is 1. The monoisotopic (exact) mass is 179 g/mol. The Morgan fingerprint density at radius 2 is 1.69 bits per heavy atom. The maximum absolute atomic E-state index is 10.5. The smallest absolute Gasteiger partial charge is 0.374 e. The van der Waals surface area contributed by atoms with Crippen molar-refractivity contribution >= 4 is 11.9 Å². The predicted octanol–water partition coefficient (Wildman–Crippen LogP) is 0.812. The molecular weight excluding hydrogens is 172 g/mol. The van der Waals surface area contributed by atoms with Gasteiger partial charge in [-0.15, -0.1) is 0 Å². The van der Waals surface area contributed by atoms with Crippen LogP contribution in [-0.4, -0.2) is 17.0 Å². The lowest BCUT2D eigenvalue weighted by molar-refractivity contribution is -0.153. The molecule has 0 bridgehead atoms. The minimum atomic E-state index is -1.60. The summed E-state index contributed by atoms with van der Waals surface area (Å²) >= 11 is 0. The summed E-state index contributed by atoms with van der Waals surface area (Å²) in [7, 11) is 0. The average molecular weight is 179 g/mol. The number of hydrogen-bond acceptors (Lipinski definition) is 2. The van der Waals surface area contributed by atoms with E-state index in [-0.39, 0.29) is 5.56 Å². The van der Waals surface area contributed by atoms with Crippen molar-refractivity contribution in [3.05, 3.63) is 35.9 Å². The molecule has 0 saturated carbocycles. The number of carbonyl (C=O) groups is 2. The van der Waals surface area contributed by atoms with E-state index in [4.69, 9.17) is 5.11 Å². The summed E-state index contributed by atoms with van der Waals surface area (Å²) in [5, 5.41) is 19.0. The van der Waals surface area contributed by atoms with Crippen molar-refractivity contribution in [1.29, 1.82) is 0 Å². The minimum Gasteiger partial charge on any atom is -0.480 e. The number of aliphatic carboxylic acids is 1. The van der Waals surface area contributed by atoms with Gasteiger partial charge in [0.15, 0.2) is 5.92 Å². The zero-order valence-corrected chi connectivity index (χ0v) is 6.64. The molecule has 0 fully saturated rings. The highest BCUT2D eigenvalue weighted by molar-refractivity contribution is 5.98. The number of benzene rings is 1. The van der Waals surface area contributed by atoms with Gasteiger partial charge in [0.25, 0.3) is 0 Å². The third-order valence-electron chi connectivity index (χ3n) is 1.62. The Bertz CT molecular complexity index is 304. The van der Waals surface area contributed by atoms with E-state index in [1.807, 2.05) is 0 Å². The van der Waals surface area contributed by atoms with Gasteiger partial charge in [-0.05, 0) is 5.56 Å². The largest absolute Gasteiger partial charge is 0.480 e. The van der Waals surface area contributed by atoms with Crippen LogP contribution >= 0.6 is 0 Å². The lowest BCUT2D eigenvalue weighted by Crippen LogP contribution is -2.19. The zero-order chi connectivity index (χ0) is 9.84. The van der Waals surface area contributed by atoms with Crippen molar-refractivity contribution in [2.45, 2.75) is 5.92 Å². The van der Waals surface area contributed by atoms with Gasteiger partial charge in [-0.1, -0.05) is 30.3 Å². The van der Waals surface area contributed by atoms with Gasteiger partial charge in [0.1, 0.15) is 0 Å². The molecule has 0 saturated heterocycles. The molecule has 4 nitrogen and oxygen atoms in total. The van der Waals surface area contributed by atoms with E-state index in [1.165, 1.54) is 12.1 Å². The molecule has 1 N–H and O–H groups in total. The normalized spacial score (nSPS) is 9.92. The Hall–Kier alpha value is -1.84. The Morgan fingerprint density at radius 1 is 1.15 bits per heavy atom. The fraction of sp³-hybridized carbons (Fsp3) is 0.111. The SMILES string of the molecule is [O]C(=O)C(C(=O)O)c1ccccc1. The van der Waals surface area contributed by atoms with Gasteiger partial charge in [0.05, 0.1) is 0 Å². The molecule has 0 aliphatic rings. The molecule has 1 radical (unpaired) electrons. The van der Waals surface area contributed by atoms with Gasteiger partial charge < -0.3 is 5.11 Å². The molecule has 0 spiro atoms. The summed E-state index contributed by atoms with van der Waals surface area (Å²) in [5.41, 5.74) is 0.218. The molecule has 1 aromatic carbocycles. The molecule has 0 aliphatic heterocycles. The quantitative estimate of drug-likeness (QED) is 0.697. The van der Waals surface area contributed by atoms with Crippen molar-refractivity contribution in [3.63, 3.8) is 0 Å². The summed E-state index contributed by atoms with van der Waals surface area (Å²) in [4.78, 5) is 21.0. The van der Waals surface area contributed by atoms with Gasteiger partial charge in [0.2, 0.25) is 0 Å². The molecule has 1 aromatic rings. The Morgan fingerprint density at radius 3 is 2.08 bits per heavy atom. The molecule has 0 heterocycles. The van der Waals surface area contributed by atoms with Gasteiger partial charge in [-0.2, -0.15) is 0 Å². The van der Waals surface area contributed by atoms with Crippen molar-refractivity contribution < 1.29 is 19.8 Å². The lowest BCUT2D eigenvalue weighted by Gasteiger charge is -2.04. The molecule has 0 amide bonds. The van der Waals surface area contributed by atoms with E-state index < -0.39 is 17.9 Å². The summed E-state index contributed by atoms with van der Waals surface area (Å²) in [5.74, 6) is -4.59. The van der Waals surface area contributed by atoms with Crippen LogP contribution < -0.4 is 0 Å². The van der Waals surface area contributed by atoms with Gasteiger partial charge in [-0.3, -0.25) is 4.79 Å². The maximum Gasteiger partial charge on any atom is 0.374 e. The second kappa shape index (κ2) is 3.71. The molecule has 13 heavy (non-hydrogen) atoms. The van der Waals surface area contributed by atoms with Gasteiger partial charge >= 0.3 is 11.9 Å². The standard InChI is InChI=1S/C9H7O4/c10-8(11)7(9(12)13)6-4-2-1-3-5-6/h1-5,7H,(H,10,11). The van der Waals surface area contributed by atoms with Crippen LogP contribution in [0.1, 0.15) is 11.5 Å². The van der Waals surface area contributed by atoms with E-state index in [0.717, 1.165) is 0 Å². The first-order valence-corrected chi connectivity index (χ1v) is 3.61. The van der Waals surface area contributed by atoms with E-state index in [0.29, 0.717) is 0 Å². The number of hydrogen-bond donors (Lipinski definition) is 1. The molecule has 1 unspecified atom stereocenters. The lowest BCUT2D eigenvalue weighted by atomic mass is 10.00. The third-order valence-corrected chi connectivity index (χ3v) is 1.62.